The zero-order valence-electron chi connectivity index (χ0n) is 9.14. The smallest absolute Gasteiger partial charge is 0.240 e. The molecule has 0 fully saturated rings. The number of aliphatic hydroxyl groups excluding tert-OH is 1. The summed E-state index contributed by atoms with van der Waals surface area (Å²) in [4.78, 5) is 12.8. The Morgan fingerprint density at radius 2 is 2.25 bits per heavy atom. The summed E-state index contributed by atoms with van der Waals surface area (Å²) >= 11 is 1.45. The largest absolute Gasteiger partial charge is 0.391 e. The van der Waals surface area contributed by atoms with Crippen LogP contribution in [0, 0.1) is 0 Å². The maximum Gasteiger partial charge on any atom is 0.240 e. The van der Waals surface area contributed by atoms with E-state index in [2.05, 4.69) is 5.32 Å². The first-order valence-corrected chi connectivity index (χ1v) is 6.35. The van der Waals surface area contributed by atoms with E-state index in [4.69, 9.17) is 0 Å². The minimum absolute atomic E-state index is 0.0929. The molecule has 0 aliphatic carbocycles. The fourth-order valence-electron chi connectivity index (χ4n) is 1.77. The van der Waals surface area contributed by atoms with E-state index in [1.165, 1.54) is 11.8 Å². The first-order chi connectivity index (χ1) is 7.72. The zero-order chi connectivity index (χ0) is 11.5. The van der Waals surface area contributed by atoms with E-state index < -0.39 is 6.10 Å². The highest BCUT2D eigenvalue weighted by molar-refractivity contribution is 8.01. The van der Waals surface area contributed by atoms with Gasteiger partial charge >= 0.3 is 0 Å². The lowest BCUT2D eigenvalue weighted by Crippen LogP contribution is -2.38. The molecule has 2 rings (SSSR count). The van der Waals surface area contributed by atoms with E-state index in [9.17, 15) is 9.90 Å². The maximum atomic E-state index is 11.8. The molecular weight excluding hydrogens is 222 g/mol. The van der Waals surface area contributed by atoms with Crippen molar-refractivity contribution in [2.45, 2.75) is 36.0 Å². The Morgan fingerprint density at radius 3 is 3.00 bits per heavy atom. The van der Waals surface area contributed by atoms with Crippen molar-refractivity contribution in [3.63, 3.8) is 0 Å². The van der Waals surface area contributed by atoms with Crippen molar-refractivity contribution >= 4 is 23.4 Å². The van der Waals surface area contributed by atoms with Gasteiger partial charge in [-0.05, 0) is 18.6 Å². The van der Waals surface area contributed by atoms with Gasteiger partial charge in [-0.2, -0.15) is 0 Å². The number of hydrogen-bond donors (Lipinski definition) is 2. The van der Waals surface area contributed by atoms with Gasteiger partial charge in [0.2, 0.25) is 5.91 Å². The standard InChI is InChI=1S/C12H15NO2S/c1-2-5-9(14)11-12(15)13-8-6-3-4-7-10(8)16-11/h3-4,6-7,9,11,14H,2,5H2,1H3,(H,13,15)/t9-,11-/m1/s1. The van der Waals surface area contributed by atoms with Gasteiger partial charge in [0.1, 0.15) is 5.25 Å². The number of amides is 1. The Balaban J connectivity index is 2.18. The van der Waals surface area contributed by atoms with Crippen molar-refractivity contribution in [2.75, 3.05) is 5.32 Å². The fourth-order valence-corrected chi connectivity index (χ4v) is 2.90. The molecule has 0 spiro atoms. The lowest BCUT2D eigenvalue weighted by Gasteiger charge is -2.27. The molecule has 1 aromatic carbocycles. The van der Waals surface area contributed by atoms with E-state index in [0.717, 1.165) is 17.0 Å². The van der Waals surface area contributed by atoms with Gasteiger partial charge in [0, 0.05) is 4.90 Å². The predicted octanol–water partition coefficient (Wildman–Crippen LogP) is 2.26. The molecule has 0 radical (unpaired) electrons. The number of nitrogens with one attached hydrogen (secondary N) is 1. The molecule has 1 heterocycles. The van der Waals surface area contributed by atoms with Crippen LogP contribution in [-0.4, -0.2) is 22.4 Å². The van der Waals surface area contributed by atoms with Crippen LogP contribution in [0.2, 0.25) is 0 Å². The highest BCUT2D eigenvalue weighted by Gasteiger charge is 2.31. The predicted molar refractivity (Wildman–Crippen MR) is 65.6 cm³/mol. The molecule has 4 heteroatoms. The number of anilines is 1. The van der Waals surface area contributed by atoms with Crippen LogP contribution < -0.4 is 5.32 Å². The van der Waals surface area contributed by atoms with Crippen molar-refractivity contribution in [3.05, 3.63) is 24.3 Å². The Morgan fingerprint density at radius 1 is 1.50 bits per heavy atom. The van der Waals surface area contributed by atoms with Crippen LogP contribution in [0.4, 0.5) is 5.69 Å². The lowest BCUT2D eigenvalue weighted by atomic mass is 10.1. The molecular formula is C12H15NO2S. The fraction of sp³-hybridized carbons (Fsp3) is 0.417. The van der Waals surface area contributed by atoms with Crippen LogP contribution in [0.3, 0.4) is 0 Å². The molecule has 86 valence electrons. The molecule has 1 aliphatic heterocycles. The van der Waals surface area contributed by atoms with Gasteiger partial charge in [-0.15, -0.1) is 11.8 Å². The minimum Gasteiger partial charge on any atom is -0.391 e. The Labute approximate surface area is 99.2 Å². The summed E-state index contributed by atoms with van der Waals surface area (Å²) in [6.07, 6.45) is 0.976. The van der Waals surface area contributed by atoms with Crippen LogP contribution in [0.25, 0.3) is 0 Å². The summed E-state index contributed by atoms with van der Waals surface area (Å²) in [7, 11) is 0. The van der Waals surface area contributed by atoms with Crippen molar-refractivity contribution in [2.24, 2.45) is 0 Å². The highest BCUT2D eigenvalue weighted by atomic mass is 32.2. The monoisotopic (exact) mass is 237 g/mol. The average Bonchev–Trinajstić information content (AvgIpc) is 2.28. The van der Waals surface area contributed by atoms with Crippen molar-refractivity contribution in [3.8, 4) is 0 Å². The van der Waals surface area contributed by atoms with Gasteiger partial charge in [-0.3, -0.25) is 4.79 Å². The van der Waals surface area contributed by atoms with Crippen molar-refractivity contribution in [1.82, 2.24) is 0 Å². The minimum atomic E-state index is -0.566. The van der Waals surface area contributed by atoms with E-state index in [-0.39, 0.29) is 11.2 Å². The molecule has 1 amide bonds. The number of para-hydroxylation sites is 1. The first-order valence-electron chi connectivity index (χ1n) is 5.47. The highest BCUT2D eigenvalue weighted by Crippen LogP contribution is 2.37. The van der Waals surface area contributed by atoms with Crippen LogP contribution in [0.15, 0.2) is 29.2 Å². The summed E-state index contributed by atoms with van der Waals surface area (Å²) in [5, 5.41) is 12.3. The summed E-state index contributed by atoms with van der Waals surface area (Å²) in [5.41, 5.74) is 0.845. The maximum absolute atomic E-state index is 11.8. The van der Waals surface area contributed by atoms with Crippen molar-refractivity contribution in [1.29, 1.82) is 0 Å². The Bertz CT molecular complexity index is 394. The van der Waals surface area contributed by atoms with Crippen molar-refractivity contribution < 1.29 is 9.90 Å². The third kappa shape index (κ3) is 2.23. The SMILES string of the molecule is CCC[C@@H](O)[C@H]1Sc2ccccc2NC1=O. The topological polar surface area (TPSA) is 49.3 Å². The molecule has 0 saturated carbocycles. The quantitative estimate of drug-likeness (QED) is 0.847. The average molecular weight is 237 g/mol. The van der Waals surface area contributed by atoms with Gasteiger partial charge < -0.3 is 10.4 Å². The van der Waals surface area contributed by atoms with Gasteiger partial charge in [0.05, 0.1) is 11.8 Å². The van der Waals surface area contributed by atoms with Gasteiger partial charge in [0.15, 0.2) is 0 Å². The van der Waals surface area contributed by atoms with Crippen LogP contribution in [-0.2, 0) is 4.79 Å². The number of rotatable bonds is 3. The molecule has 2 atom stereocenters. The number of thioether (sulfide) groups is 1. The molecule has 0 aromatic heterocycles. The van der Waals surface area contributed by atoms with Crippen LogP contribution in [0.5, 0.6) is 0 Å². The zero-order valence-corrected chi connectivity index (χ0v) is 9.96. The Hall–Kier alpha value is -1.00. The van der Waals surface area contributed by atoms with Gasteiger partial charge in [-0.25, -0.2) is 0 Å². The van der Waals surface area contributed by atoms with Crippen LogP contribution >= 0.6 is 11.8 Å². The van der Waals surface area contributed by atoms with E-state index in [0.29, 0.717) is 6.42 Å². The number of fused-ring (bicyclic) bond motifs is 1. The van der Waals surface area contributed by atoms with E-state index >= 15 is 0 Å². The summed E-state index contributed by atoms with van der Waals surface area (Å²) in [6, 6.07) is 7.67. The summed E-state index contributed by atoms with van der Waals surface area (Å²) in [6.45, 7) is 2.00. The first kappa shape index (κ1) is 11.5. The lowest BCUT2D eigenvalue weighted by molar-refractivity contribution is -0.117. The second kappa shape index (κ2) is 4.89. The molecule has 0 saturated heterocycles. The number of aliphatic hydroxyl groups is 1. The molecule has 3 nitrogen and oxygen atoms in total. The molecule has 2 N–H and O–H groups in total. The summed E-state index contributed by atoms with van der Waals surface area (Å²) in [5.74, 6) is -0.0929. The second-order valence-corrected chi connectivity index (χ2v) is 5.06. The van der Waals surface area contributed by atoms with E-state index in [1.807, 2.05) is 31.2 Å². The normalized spacial score (nSPS) is 21.1. The van der Waals surface area contributed by atoms with Gasteiger partial charge in [0.25, 0.3) is 0 Å². The number of benzene rings is 1. The van der Waals surface area contributed by atoms with Gasteiger partial charge in [-0.1, -0.05) is 25.5 Å². The van der Waals surface area contributed by atoms with E-state index in [1.54, 1.807) is 0 Å². The Kier molecular flexibility index (Phi) is 3.51. The summed E-state index contributed by atoms with van der Waals surface area (Å²) < 4.78 is 0. The number of carbonyl (C=O) groups is 1. The van der Waals surface area contributed by atoms with Crippen LogP contribution in [0.1, 0.15) is 19.8 Å². The molecule has 0 unspecified atom stereocenters. The number of hydrogen-bond acceptors (Lipinski definition) is 3. The molecule has 16 heavy (non-hydrogen) atoms. The second-order valence-electron chi connectivity index (χ2n) is 3.88. The third-order valence-electron chi connectivity index (χ3n) is 2.59. The third-order valence-corrected chi connectivity index (χ3v) is 3.98. The molecule has 1 aromatic rings. The molecule has 1 aliphatic rings. The molecule has 0 bridgehead atoms. The number of carbonyl (C=O) groups excluding carboxylic acids is 1.